The van der Waals surface area contributed by atoms with Gasteiger partial charge in [-0.3, -0.25) is 4.79 Å². The molecule has 0 bridgehead atoms. The lowest BCUT2D eigenvalue weighted by Crippen LogP contribution is -2.51. The third-order valence-electron chi connectivity index (χ3n) is 4.71. The Balaban J connectivity index is 0.00000200. The van der Waals surface area contributed by atoms with Crippen molar-refractivity contribution in [1.29, 1.82) is 0 Å². The lowest BCUT2D eigenvalue weighted by molar-refractivity contribution is -0.124. The molecule has 2 rings (SSSR count). The SMILES string of the molecule is CCC(C)C(N)C(=O)NC1CCN(CC2CC2)CC1.Cl. The van der Waals surface area contributed by atoms with Crippen LogP contribution in [-0.2, 0) is 4.79 Å². The van der Waals surface area contributed by atoms with E-state index in [-0.39, 0.29) is 30.3 Å². The Morgan fingerprint density at radius 1 is 1.30 bits per heavy atom. The van der Waals surface area contributed by atoms with Gasteiger partial charge in [-0.15, -0.1) is 12.4 Å². The molecule has 0 spiro atoms. The van der Waals surface area contributed by atoms with E-state index in [2.05, 4.69) is 17.1 Å². The van der Waals surface area contributed by atoms with Crippen LogP contribution < -0.4 is 11.1 Å². The number of piperidine rings is 1. The second-order valence-electron chi connectivity index (χ2n) is 6.44. The lowest BCUT2D eigenvalue weighted by Gasteiger charge is -2.33. The van der Waals surface area contributed by atoms with Crippen LogP contribution in [0.5, 0.6) is 0 Å². The minimum absolute atomic E-state index is 0. The minimum atomic E-state index is -0.352. The minimum Gasteiger partial charge on any atom is -0.352 e. The number of hydrogen-bond acceptors (Lipinski definition) is 3. The average molecular weight is 304 g/mol. The predicted molar refractivity (Wildman–Crippen MR) is 85.0 cm³/mol. The second kappa shape index (κ2) is 8.20. The zero-order valence-corrected chi connectivity index (χ0v) is 13.6. The monoisotopic (exact) mass is 303 g/mol. The van der Waals surface area contributed by atoms with Gasteiger partial charge in [-0.05, 0) is 37.5 Å². The topological polar surface area (TPSA) is 58.4 Å². The predicted octanol–water partition coefficient (Wildman–Crippen LogP) is 1.77. The Kier molecular flexibility index (Phi) is 7.27. The van der Waals surface area contributed by atoms with Crippen molar-refractivity contribution in [2.24, 2.45) is 17.6 Å². The molecule has 1 amide bonds. The van der Waals surface area contributed by atoms with Crippen molar-refractivity contribution in [2.75, 3.05) is 19.6 Å². The number of halogens is 1. The first-order valence-electron chi connectivity index (χ1n) is 7.88. The van der Waals surface area contributed by atoms with Gasteiger partial charge >= 0.3 is 0 Å². The third-order valence-corrected chi connectivity index (χ3v) is 4.71. The van der Waals surface area contributed by atoms with Crippen LogP contribution in [0.1, 0.15) is 46.0 Å². The Hall–Kier alpha value is -0.320. The van der Waals surface area contributed by atoms with Crippen molar-refractivity contribution in [3.8, 4) is 0 Å². The number of carbonyl (C=O) groups is 1. The average Bonchev–Trinajstić information content (AvgIpc) is 3.23. The van der Waals surface area contributed by atoms with Gasteiger partial charge in [-0.2, -0.15) is 0 Å². The molecule has 118 valence electrons. The maximum Gasteiger partial charge on any atom is 0.237 e. The molecule has 2 atom stereocenters. The largest absolute Gasteiger partial charge is 0.352 e. The molecule has 1 heterocycles. The van der Waals surface area contributed by atoms with Crippen LogP contribution in [0.25, 0.3) is 0 Å². The molecule has 20 heavy (non-hydrogen) atoms. The van der Waals surface area contributed by atoms with E-state index in [1.54, 1.807) is 0 Å². The summed E-state index contributed by atoms with van der Waals surface area (Å²) in [4.78, 5) is 14.6. The number of nitrogens with one attached hydrogen (secondary N) is 1. The highest BCUT2D eigenvalue weighted by Gasteiger charge is 2.28. The fourth-order valence-electron chi connectivity index (χ4n) is 2.74. The van der Waals surface area contributed by atoms with Gasteiger partial charge in [-0.1, -0.05) is 20.3 Å². The van der Waals surface area contributed by atoms with E-state index >= 15 is 0 Å². The van der Waals surface area contributed by atoms with E-state index in [1.165, 1.54) is 19.4 Å². The number of hydrogen-bond donors (Lipinski definition) is 2. The van der Waals surface area contributed by atoms with Crippen molar-refractivity contribution in [3.63, 3.8) is 0 Å². The van der Waals surface area contributed by atoms with Crippen molar-refractivity contribution in [3.05, 3.63) is 0 Å². The standard InChI is InChI=1S/C15H29N3O.ClH/c1-3-11(2)14(16)15(19)17-13-6-8-18(9-7-13)10-12-4-5-12;/h11-14H,3-10,16H2,1-2H3,(H,17,19);1H. The van der Waals surface area contributed by atoms with Gasteiger partial charge in [0.2, 0.25) is 5.91 Å². The molecule has 1 aliphatic carbocycles. The highest BCUT2D eigenvalue weighted by atomic mass is 35.5. The Labute approximate surface area is 129 Å². The summed E-state index contributed by atoms with van der Waals surface area (Å²) < 4.78 is 0. The molecule has 5 heteroatoms. The van der Waals surface area contributed by atoms with Crippen LogP contribution in [0.2, 0.25) is 0 Å². The number of nitrogens with zero attached hydrogens (tertiary/aromatic N) is 1. The van der Waals surface area contributed by atoms with Crippen molar-refractivity contribution >= 4 is 18.3 Å². The fraction of sp³-hybridized carbons (Fsp3) is 0.933. The summed E-state index contributed by atoms with van der Waals surface area (Å²) in [5.41, 5.74) is 5.97. The van der Waals surface area contributed by atoms with E-state index in [9.17, 15) is 4.79 Å². The summed E-state index contributed by atoms with van der Waals surface area (Å²) in [6.45, 7) is 7.64. The summed E-state index contributed by atoms with van der Waals surface area (Å²) in [7, 11) is 0. The summed E-state index contributed by atoms with van der Waals surface area (Å²) in [6.07, 6.45) is 5.94. The summed E-state index contributed by atoms with van der Waals surface area (Å²) >= 11 is 0. The highest BCUT2D eigenvalue weighted by molar-refractivity contribution is 5.85. The molecule has 2 aliphatic rings. The molecule has 2 unspecified atom stereocenters. The van der Waals surface area contributed by atoms with E-state index < -0.39 is 0 Å². The highest BCUT2D eigenvalue weighted by Crippen LogP contribution is 2.30. The normalized spacial score (nSPS) is 23.8. The molecule has 1 saturated carbocycles. The van der Waals surface area contributed by atoms with Gasteiger partial charge in [0, 0.05) is 25.7 Å². The third kappa shape index (κ3) is 5.23. The van der Waals surface area contributed by atoms with E-state index in [4.69, 9.17) is 5.73 Å². The van der Waals surface area contributed by atoms with E-state index in [1.807, 2.05) is 6.92 Å². The Morgan fingerprint density at radius 3 is 2.40 bits per heavy atom. The number of rotatable bonds is 6. The summed E-state index contributed by atoms with van der Waals surface area (Å²) in [6, 6.07) is -0.0208. The first-order valence-corrected chi connectivity index (χ1v) is 7.88. The first-order chi connectivity index (χ1) is 9.10. The molecule has 1 aliphatic heterocycles. The maximum atomic E-state index is 12.0. The Morgan fingerprint density at radius 2 is 1.90 bits per heavy atom. The van der Waals surface area contributed by atoms with E-state index in [0.717, 1.165) is 38.3 Å². The van der Waals surface area contributed by atoms with Crippen LogP contribution >= 0.6 is 12.4 Å². The molecular weight excluding hydrogens is 274 g/mol. The van der Waals surface area contributed by atoms with Crippen LogP contribution in [0.3, 0.4) is 0 Å². The molecule has 0 aromatic carbocycles. The molecule has 0 aromatic rings. The summed E-state index contributed by atoms with van der Waals surface area (Å²) in [5, 5.41) is 3.13. The fourth-order valence-corrected chi connectivity index (χ4v) is 2.74. The first kappa shape index (κ1) is 17.7. The molecule has 1 saturated heterocycles. The molecular formula is C15H30ClN3O. The van der Waals surface area contributed by atoms with Crippen LogP contribution in [-0.4, -0.2) is 42.5 Å². The molecule has 4 nitrogen and oxygen atoms in total. The van der Waals surface area contributed by atoms with Gasteiger partial charge in [0.15, 0.2) is 0 Å². The molecule has 3 N–H and O–H groups in total. The smallest absolute Gasteiger partial charge is 0.237 e. The van der Waals surface area contributed by atoms with Crippen molar-refractivity contribution in [1.82, 2.24) is 10.2 Å². The van der Waals surface area contributed by atoms with E-state index in [0.29, 0.717) is 6.04 Å². The number of amides is 1. The van der Waals surface area contributed by atoms with Crippen LogP contribution in [0.4, 0.5) is 0 Å². The zero-order valence-electron chi connectivity index (χ0n) is 12.8. The van der Waals surface area contributed by atoms with Gasteiger partial charge in [0.25, 0.3) is 0 Å². The summed E-state index contributed by atoms with van der Waals surface area (Å²) in [5.74, 6) is 1.26. The van der Waals surface area contributed by atoms with Gasteiger partial charge < -0.3 is 16.0 Å². The van der Waals surface area contributed by atoms with Gasteiger partial charge in [-0.25, -0.2) is 0 Å². The number of likely N-dealkylation sites (tertiary alicyclic amines) is 1. The van der Waals surface area contributed by atoms with Crippen molar-refractivity contribution < 1.29 is 4.79 Å². The maximum absolute atomic E-state index is 12.0. The second-order valence-corrected chi connectivity index (χ2v) is 6.44. The van der Waals surface area contributed by atoms with Gasteiger partial charge in [0.05, 0.1) is 6.04 Å². The van der Waals surface area contributed by atoms with Gasteiger partial charge in [0.1, 0.15) is 0 Å². The van der Waals surface area contributed by atoms with Crippen LogP contribution in [0.15, 0.2) is 0 Å². The number of carbonyl (C=O) groups excluding carboxylic acids is 1. The van der Waals surface area contributed by atoms with Crippen LogP contribution in [0, 0.1) is 11.8 Å². The Bertz CT molecular complexity index is 301. The molecule has 2 fully saturated rings. The zero-order chi connectivity index (χ0) is 13.8. The molecule has 0 aromatic heterocycles. The van der Waals surface area contributed by atoms with Crippen molar-refractivity contribution in [2.45, 2.75) is 58.0 Å². The number of nitrogens with two attached hydrogens (primary N) is 1. The lowest BCUT2D eigenvalue weighted by atomic mass is 9.98. The quantitative estimate of drug-likeness (QED) is 0.786. The molecule has 0 radical (unpaired) electrons.